The van der Waals surface area contributed by atoms with Gasteiger partial charge in [-0.1, -0.05) is 28.9 Å². The Morgan fingerprint density at radius 1 is 1.41 bits per heavy atom. The van der Waals surface area contributed by atoms with Crippen LogP contribution in [0.3, 0.4) is 0 Å². The first-order chi connectivity index (χ1) is 13.0. The van der Waals surface area contributed by atoms with E-state index in [2.05, 4.69) is 20.4 Å². The molecule has 3 rings (SSSR count). The zero-order chi connectivity index (χ0) is 19.2. The van der Waals surface area contributed by atoms with Crippen LogP contribution in [-0.4, -0.2) is 53.8 Å². The van der Waals surface area contributed by atoms with Gasteiger partial charge in [0.25, 0.3) is 0 Å². The molecule has 1 fully saturated rings. The molecule has 1 aliphatic rings. The number of aromatic nitrogens is 2. The van der Waals surface area contributed by atoms with Crippen molar-refractivity contribution in [2.45, 2.75) is 39.3 Å². The van der Waals surface area contributed by atoms with Crippen LogP contribution in [0.4, 0.5) is 0 Å². The summed E-state index contributed by atoms with van der Waals surface area (Å²) in [4.78, 5) is 19.1. The molecule has 2 aromatic rings. The summed E-state index contributed by atoms with van der Waals surface area (Å²) in [6, 6.07) is 8.10. The van der Waals surface area contributed by atoms with Gasteiger partial charge in [0, 0.05) is 24.6 Å². The van der Waals surface area contributed by atoms with Gasteiger partial charge in [0.15, 0.2) is 0 Å². The number of rotatable bonds is 7. The van der Waals surface area contributed by atoms with Gasteiger partial charge in [-0.3, -0.25) is 9.69 Å². The van der Waals surface area contributed by atoms with Gasteiger partial charge in [-0.05, 0) is 45.8 Å². The molecule has 7 heteroatoms. The van der Waals surface area contributed by atoms with Crippen molar-refractivity contribution in [2.75, 3.05) is 26.8 Å². The van der Waals surface area contributed by atoms with Crippen LogP contribution < -0.4 is 5.32 Å². The highest BCUT2D eigenvalue weighted by Gasteiger charge is 2.26. The molecule has 1 amide bonds. The van der Waals surface area contributed by atoms with Crippen LogP contribution in [-0.2, 0) is 16.1 Å². The number of carbonyl (C=O) groups excluding carboxylic acids is 1. The highest BCUT2D eigenvalue weighted by molar-refractivity contribution is 5.79. The number of aryl methyl sites for hydroxylation is 1. The van der Waals surface area contributed by atoms with Crippen molar-refractivity contribution in [2.24, 2.45) is 5.92 Å². The molecule has 0 bridgehead atoms. The first kappa shape index (κ1) is 19.5. The van der Waals surface area contributed by atoms with E-state index in [1.807, 2.05) is 38.1 Å². The molecule has 1 aromatic carbocycles. The summed E-state index contributed by atoms with van der Waals surface area (Å²) in [5, 5.41) is 7.12. The number of hydrogen-bond acceptors (Lipinski definition) is 6. The predicted octanol–water partition coefficient (Wildman–Crippen LogP) is 2.41. The Kier molecular flexibility index (Phi) is 6.58. The first-order valence-corrected chi connectivity index (χ1v) is 9.46. The summed E-state index contributed by atoms with van der Waals surface area (Å²) in [5.41, 5.74) is 2.13. The molecule has 1 aromatic heterocycles. The molecular weight excluding hydrogens is 344 g/mol. The van der Waals surface area contributed by atoms with Crippen LogP contribution >= 0.6 is 0 Å². The monoisotopic (exact) mass is 372 g/mol. The van der Waals surface area contributed by atoms with Gasteiger partial charge in [0.2, 0.25) is 17.6 Å². The molecular formula is C20H28N4O3. The number of piperidine rings is 1. The molecule has 1 aliphatic heterocycles. The largest absolute Gasteiger partial charge is 0.383 e. The molecule has 0 radical (unpaired) electrons. The molecule has 0 spiro atoms. The standard InChI is InChI=1S/C20H28N4O3/c1-14-5-4-6-17(11-14)19-22-18(27-23-19)12-24-9-7-16(8-10-24)20(25)21-15(2)13-26-3/h4-6,11,15-16H,7-10,12-13H2,1-3H3,(H,21,25). The van der Waals surface area contributed by atoms with E-state index < -0.39 is 0 Å². The van der Waals surface area contributed by atoms with Gasteiger partial charge in [-0.15, -0.1) is 0 Å². The smallest absolute Gasteiger partial charge is 0.241 e. The quantitative estimate of drug-likeness (QED) is 0.804. The van der Waals surface area contributed by atoms with Crippen molar-refractivity contribution >= 4 is 5.91 Å². The number of likely N-dealkylation sites (tertiary alicyclic amines) is 1. The molecule has 27 heavy (non-hydrogen) atoms. The van der Waals surface area contributed by atoms with Gasteiger partial charge in [-0.25, -0.2) is 0 Å². The van der Waals surface area contributed by atoms with E-state index in [0.717, 1.165) is 31.5 Å². The van der Waals surface area contributed by atoms with E-state index in [1.165, 1.54) is 5.56 Å². The lowest BCUT2D eigenvalue weighted by atomic mass is 9.95. The molecule has 1 N–H and O–H groups in total. The fraction of sp³-hybridized carbons (Fsp3) is 0.550. The number of amides is 1. The summed E-state index contributed by atoms with van der Waals surface area (Å²) in [5.74, 6) is 1.42. The van der Waals surface area contributed by atoms with Gasteiger partial charge in [-0.2, -0.15) is 4.98 Å². The average molecular weight is 372 g/mol. The molecule has 0 saturated carbocycles. The number of nitrogens with zero attached hydrogens (tertiary/aromatic N) is 3. The van der Waals surface area contributed by atoms with Crippen LogP contribution in [0.1, 0.15) is 31.2 Å². The Morgan fingerprint density at radius 2 is 2.19 bits per heavy atom. The lowest BCUT2D eigenvalue weighted by Crippen LogP contribution is -2.44. The maximum Gasteiger partial charge on any atom is 0.241 e. The summed E-state index contributed by atoms with van der Waals surface area (Å²) >= 11 is 0. The summed E-state index contributed by atoms with van der Waals surface area (Å²) in [7, 11) is 1.64. The molecule has 7 nitrogen and oxygen atoms in total. The normalized spacial score (nSPS) is 17.0. The first-order valence-electron chi connectivity index (χ1n) is 9.46. The van der Waals surface area contributed by atoms with Crippen molar-refractivity contribution in [3.8, 4) is 11.4 Å². The summed E-state index contributed by atoms with van der Waals surface area (Å²) < 4.78 is 10.5. The predicted molar refractivity (Wildman–Crippen MR) is 102 cm³/mol. The third-order valence-corrected chi connectivity index (χ3v) is 4.87. The Hall–Kier alpha value is -2.25. The number of hydrogen-bond donors (Lipinski definition) is 1. The van der Waals surface area contributed by atoms with Crippen molar-refractivity contribution in [3.63, 3.8) is 0 Å². The zero-order valence-corrected chi connectivity index (χ0v) is 16.3. The average Bonchev–Trinajstić information content (AvgIpc) is 3.11. The number of carbonyl (C=O) groups is 1. The van der Waals surface area contributed by atoms with Crippen LogP contribution in [0.5, 0.6) is 0 Å². The van der Waals surface area contributed by atoms with Gasteiger partial charge >= 0.3 is 0 Å². The van der Waals surface area contributed by atoms with E-state index in [0.29, 0.717) is 24.9 Å². The van der Waals surface area contributed by atoms with Gasteiger partial charge in [0.05, 0.1) is 13.2 Å². The number of nitrogens with one attached hydrogen (secondary N) is 1. The maximum absolute atomic E-state index is 12.3. The Morgan fingerprint density at radius 3 is 2.89 bits per heavy atom. The molecule has 146 valence electrons. The fourth-order valence-electron chi connectivity index (χ4n) is 3.42. The molecule has 0 aliphatic carbocycles. The Balaban J connectivity index is 1.49. The van der Waals surface area contributed by atoms with E-state index in [9.17, 15) is 4.79 Å². The van der Waals surface area contributed by atoms with E-state index in [4.69, 9.17) is 9.26 Å². The van der Waals surface area contributed by atoms with E-state index >= 15 is 0 Å². The summed E-state index contributed by atoms with van der Waals surface area (Å²) in [6.45, 7) is 6.84. The molecule has 1 atom stereocenters. The van der Waals surface area contributed by atoms with Gasteiger partial charge in [0.1, 0.15) is 0 Å². The fourth-order valence-corrected chi connectivity index (χ4v) is 3.42. The lowest BCUT2D eigenvalue weighted by molar-refractivity contribution is -0.127. The van der Waals surface area contributed by atoms with E-state index in [-0.39, 0.29) is 17.9 Å². The maximum atomic E-state index is 12.3. The third-order valence-electron chi connectivity index (χ3n) is 4.87. The van der Waals surface area contributed by atoms with Crippen molar-refractivity contribution in [1.82, 2.24) is 20.4 Å². The highest BCUT2D eigenvalue weighted by Crippen LogP contribution is 2.21. The van der Waals surface area contributed by atoms with Crippen molar-refractivity contribution in [1.29, 1.82) is 0 Å². The topological polar surface area (TPSA) is 80.5 Å². The third kappa shape index (κ3) is 5.37. The Labute approximate surface area is 160 Å². The van der Waals surface area contributed by atoms with Crippen LogP contribution in [0, 0.1) is 12.8 Å². The number of ether oxygens (including phenoxy) is 1. The molecule has 1 saturated heterocycles. The minimum atomic E-state index is 0.0407. The SMILES string of the molecule is COCC(C)NC(=O)C1CCN(Cc2nc(-c3cccc(C)c3)no2)CC1. The van der Waals surface area contributed by atoms with Crippen molar-refractivity contribution < 1.29 is 14.1 Å². The minimum Gasteiger partial charge on any atom is -0.383 e. The molecule has 2 heterocycles. The molecule has 1 unspecified atom stereocenters. The number of benzene rings is 1. The number of methoxy groups -OCH3 is 1. The van der Waals surface area contributed by atoms with Crippen LogP contribution in [0.2, 0.25) is 0 Å². The Bertz CT molecular complexity index is 753. The summed E-state index contributed by atoms with van der Waals surface area (Å²) in [6.07, 6.45) is 1.68. The van der Waals surface area contributed by atoms with Crippen molar-refractivity contribution in [3.05, 3.63) is 35.7 Å². The second-order valence-electron chi connectivity index (χ2n) is 7.30. The van der Waals surface area contributed by atoms with E-state index in [1.54, 1.807) is 7.11 Å². The highest BCUT2D eigenvalue weighted by atomic mass is 16.5. The second-order valence-corrected chi connectivity index (χ2v) is 7.30. The van der Waals surface area contributed by atoms with Crippen LogP contribution in [0.15, 0.2) is 28.8 Å². The zero-order valence-electron chi connectivity index (χ0n) is 16.3. The van der Waals surface area contributed by atoms with Crippen LogP contribution in [0.25, 0.3) is 11.4 Å². The van der Waals surface area contributed by atoms with Gasteiger partial charge < -0.3 is 14.6 Å². The minimum absolute atomic E-state index is 0.0407. The second kappa shape index (κ2) is 9.10. The lowest BCUT2D eigenvalue weighted by Gasteiger charge is -2.30.